The first-order valence-corrected chi connectivity index (χ1v) is 6.72. The molecule has 78 valence electrons. The lowest BCUT2D eigenvalue weighted by Crippen LogP contribution is -2.03. The summed E-state index contributed by atoms with van der Waals surface area (Å²) in [5.74, 6) is 0.715. The highest BCUT2D eigenvalue weighted by molar-refractivity contribution is 9.10. The SMILES string of the molecule is OC(CC1CCCC1)c1nc(Br)cs1. The van der Waals surface area contributed by atoms with Crippen molar-refractivity contribution >= 4 is 27.3 Å². The third kappa shape index (κ3) is 2.55. The first-order valence-electron chi connectivity index (χ1n) is 5.04. The monoisotopic (exact) mass is 275 g/mol. The van der Waals surface area contributed by atoms with Gasteiger partial charge in [-0.25, -0.2) is 4.98 Å². The van der Waals surface area contributed by atoms with Crippen LogP contribution in [-0.2, 0) is 0 Å². The third-order valence-corrected chi connectivity index (χ3v) is 4.47. The van der Waals surface area contributed by atoms with E-state index in [0.29, 0.717) is 5.92 Å². The van der Waals surface area contributed by atoms with E-state index in [-0.39, 0.29) is 6.10 Å². The molecule has 0 aromatic carbocycles. The number of nitrogens with zero attached hydrogens (tertiary/aromatic N) is 1. The molecule has 1 N–H and O–H groups in total. The molecular formula is C10H14BrNOS. The van der Waals surface area contributed by atoms with Gasteiger partial charge in [0.15, 0.2) is 0 Å². The van der Waals surface area contributed by atoms with E-state index in [1.165, 1.54) is 37.0 Å². The van der Waals surface area contributed by atoms with Crippen LogP contribution in [0, 0.1) is 5.92 Å². The van der Waals surface area contributed by atoms with Crippen LogP contribution in [0.5, 0.6) is 0 Å². The predicted octanol–water partition coefficient (Wildman–Crippen LogP) is 3.52. The fourth-order valence-corrected chi connectivity index (χ4v) is 3.35. The molecule has 1 atom stereocenters. The largest absolute Gasteiger partial charge is 0.386 e. The molecule has 1 fully saturated rings. The second kappa shape index (κ2) is 4.73. The van der Waals surface area contributed by atoms with E-state index in [0.717, 1.165) is 16.0 Å². The molecular weight excluding hydrogens is 262 g/mol. The highest BCUT2D eigenvalue weighted by Gasteiger charge is 2.21. The van der Waals surface area contributed by atoms with E-state index in [9.17, 15) is 5.11 Å². The molecule has 14 heavy (non-hydrogen) atoms. The molecule has 1 aromatic heterocycles. The molecule has 1 aliphatic carbocycles. The minimum atomic E-state index is -0.352. The molecule has 0 aliphatic heterocycles. The standard InChI is InChI=1S/C10H14BrNOS/c11-9-6-14-10(12-9)8(13)5-7-3-1-2-4-7/h6-8,13H,1-5H2. The third-order valence-electron chi connectivity index (χ3n) is 2.81. The van der Waals surface area contributed by atoms with Crippen LogP contribution < -0.4 is 0 Å². The maximum absolute atomic E-state index is 9.92. The summed E-state index contributed by atoms with van der Waals surface area (Å²) in [5, 5.41) is 12.7. The molecule has 1 unspecified atom stereocenters. The van der Waals surface area contributed by atoms with Crippen molar-refractivity contribution in [2.45, 2.75) is 38.2 Å². The molecule has 1 saturated carbocycles. The number of halogens is 1. The summed E-state index contributed by atoms with van der Waals surface area (Å²) < 4.78 is 0.836. The van der Waals surface area contributed by atoms with Crippen molar-refractivity contribution in [2.24, 2.45) is 5.92 Å². The lowest BCUT2D eigenvalue weighted by atomic mass is 10.0. The van der Waals surface area contributed by atoms with Gasteiger partial charge in [-0.3, -0.25) is 0 Å². The van der Waals surface area contributed by atoms with Crippen molar-refractivity contribution in [3.63, 3.8) is 0 Å². The number of aliphatic hydroxyl groups is 1. The molecule has 2 rings (SSSR count). The van der Waals surface area contributed by atoms with Gasteiger partial charge in [0.05, 0.1) is 0 Å². The molecule has 4 heteroatoms. The van der Waals surface area contributed by atoms with E-state index >= 15 is 0 Å². The minimum Gasteiger partial charge on any atom is -0.386 e. The molecule has 1 heterocycles. The average Bonchev–Trinajstić information content (AvgIpc) is 2.75. The summed E-state index contributed by atoms with van der Waals surface area (Å²) >= 11 is 4.83. The Morgan fingerprint density at radius 3 is 2.86 bits per heavy atom. The van der Waals surface area contributed by atoms with Crippen molar-refractivity contribution in [1.29, 1.82) is 0 Å². The van der Waals surface area contributed by atoms with Crippen LogP contribution in [0.2, 0.25) is 0 Å². The highest BCUT2D eigenvalue weighted by Crippen LogP contribution is 2.34. The van der Waals surface area contributed by atoms with Crippen LogP contribution >= 0.6 is 27.3 Å². The summed E-state index contributed by atoms with van der Waals surface area (Å²) in [5.41, 5.74) is 0. The minimum absolute atomic E-state index is 0.352. The van der Waals surface area contributed by atoms with Crippen LogP contribution in [0.4, 0.5) is 0 Å². The molecule has 0 saturated heterocycles. The van der Waals surface area contributed by atoms with Crippen LogP contribution in [0.15, 0.2) is 9.98 Å². The Hall–Kier alpha value is 0.0700. The summed E-state index contributed by atoms with van der Waals surface area (Å²) in [6.07, 6.45) is 5.76. The molecule has 0 amide bonds. The number of rotatable bonds is 3. The van der Waals surface area contributed by atoms with E-state index < -0.39 is 0 Å². The van der Waals surface area contributed by atoms with Gasteiger partial charge in [-0.2, -0.15) is 0 Å². The van der Waals surface area contributed by atoms with Gasteiger partial charge >= 0.3 is 0 Å². The first kappa shape index (κ1) is 10.6. The van der Waals surface area contributed by atoms with Crippen LogP contribution in [0.3, 0.4) is 0 Å². The second-order valence-corrected chi connectivity index (χ2v) is 5.61. The van der Waals surface area contributed by atoms with Gasteiger partial charge in [-0.05, 0) is 28.3 Å². The number of hydrogen-bond acceptors (Lipinski definition) is 3. The van der Waals surface area contributed by atoms with E-state index in [4.69, 9.17) is 0 Å². The average molecular weight is 276 g/mol. The van der Waals surface area contributed by atoms with Gasteiger partial charge < -0.3 is 5.11 Å². The van der Waals surface area contributed by atoms with E-state index in [1.807, 2.05) is 5.38 Å². The van der Waals surface area contributed by atoms with Gasteiger partial charge in [0.2, 0.25) is 0 Å². The Morgan fingerprint density at radius 2 is 2.29 bits per heavy atom. The Balaban J connectivity index is 1.91. The van der Waals surface area contributed by atoms with Crippen molar-refractivity contribution in [1.82, 2.24) is 4.98 Å². The summed E-state index contributed by atoms with van der Waals surface area (Å²) in [4.78, 5) is 4.24. The number of hydrogen-bond donors (Lipinski definition) is 1. The molecule has 0 spiro atoms. The van der Waals surface area contributed by atoms with Crippen molar-refractivity contribution < 1.29 is 5.11 Å². The van der Waals surface area contributed by atoms with Crippen LogP contribution in [0.1, 0.15) is 43.2 Å². The molecule has 0 radical (unpaired) electrons. The second-order valence-electron chi connectivity index (χ2n) is 3.91. The van der Waals surface area contributed by atoms with Crippen molar-refractivity contribution in [2.75, 3.05) is 0 Å². The van der Waals surface area contributed by atoms with E-state index in [1.54, 1.807) is 0 Å². The number of aromatic nitrogens is 1. The number of aliphatic hydroxyl groups excluding tert-OH is 1. The quantitative estimate of drug-likeness (QED) is 0.916. The first-order chi connectivity index (χ1) is 6.75. The molecule has 0 bridgehead atoms. The van der Waals surface area contributed by atoms with Gasteiger partial charge in [0, 0.05) is 5.38 Å². The Bertz CT molecular complexity index is 296. The Morgan fingerprint density at radius 1 is 1.57 bits per heavy atom. The van der Waals surface area contributed by atoms with Gasteiger partial charge in [-0.15, -0.1) is 11.3 Å². The fourth-order valence-electron chi connectivity index (χ4n) is 2.08. The summed E-state index contributed by atoms with van der Waals surface area (Å²) in [7, 11) is 0. The van der Waals surface area contributed by atoms with Gasteiger partial charge in [-0.1, -0.05) is 25.7 Å². The summed E-state index contributed by atoms with van der Waals surface area (Å²) in [6, 6.07) is 0. The van der Waals surface area contributed by atoms with Crippen molar-refractivity contribution in [3.8, 4) is 0 Å². The Kier molecular flexibility index (Phi) is 3.57. The summed E-state index contributed by atoms with van der Waals surface area (Å²) in [6.45, 7) is 0. The normalized spacial score (nSPS) is 20.1. The van der Waals surface area contributed by atoms with Gasteiger partial charge in [0.1, 0.15) is 15.7 Å². The zero-order valence-electron chi connectivity index (χ0n) is 7.95. The molecule has 1 aliphatic rings. The van der Waals surface area contributed by atoms with Gasteiger partial charge in [0.25, 0.3) is 0 Å². The zero-order valence-corrected chi connectivity index (χ0v) is 10.4. The van der Waals surface area contributed by atoms with Crippen LogP contribution in [0.25, 0.3) is 0 Å². The smallest absolute Gasteiger partial charge is 0.123 e. The Labute approximate surface area is 96.5 Å². The molecule has 2 nitrogen and oxygen atoms in total. The van der Waals surface area contributed by atoms with Crippen LogP contribution in [-0.4, -0.2) is 10.1 Å². The maximum Gasteiger partial charge on any atom is 0.123 e. The van der Waals surface area contributed by atoms with E-state index in [2.05, 4.69) is 20.9 Å². The topological polar surface area (TPSA) is 33.1 Å². The molecule has 1 aromatic rings. The fraction of sp³-hybridized carbons (Fsp3) is 0.700. The van der Waals surface area contributed by atoms with Crippen molar-refractivity contribution in [3.05, 3.63) is 15.0 Å². The lowest BCUT2D eigenvalue weighted by Gasteiger charge is -2.12. The predicted molar refractivity (Wildman–Crippen MR) is 61.3 cm³/mol. The maximum atomic E-state index is 9.92. The number of thiazole rings is 1. The zero-order chi connectivity index (χ0) is 9.97. The highest BCUT2D eigenvalue weighted by atomic mass is 79.9. The lowest BCUT2D eigenvalue weighted by molar-refractivity contribution is 0.144.